The summed E-state index contributed by atoms with van der Waals surface area (Å²) in [7, 11) is 0. The van der Waals surface area contributed by atoms with E-state index in [1.165, 1.54) is 5.56 Å². The van der Waals surface area contributed by atoms with E-state index >= 15 is 0 Å². The molecule has 0 unspecified atom stereocenters. The highest BCUT2D eigenvalue weighted by Gasteiger charge is 2.10. The number of rotatable bonds is 3. The zero-order valence-electron chi connectivity index (χ0n) is 11.0. The van der Waals surface area contributed by atoms with Gasteiger partial charge in [0, 0.05) is 22.9 Å². The summed E-state index contributed by atoms with van der Waals surface area (Å²) >= 11 is 1.69. The third-order valence-electron chi connectivity index (χ3n) is 3.04. The topological polar surface area (TPSA) is 37.8 Å². The Bertz CT molecular complexity index is 718. The van der Waals surface area contributed by atoms with E-state index in [2.05, 4.69) is 46.0 Å². The van der Waals surface area contributed by atoms with Crippen LogP contribution in [0.3, 0.4) is 0 Å². The second-order valence-electron chi connectivity index (χ2n) is 4.41. The monoisotopic (exact) mass is 269 g/mol. The van der Waals surface area contributed by atoms with Crippen molar-refractivity contribution in [1.82, 2.24) is 9.97 Å². The van der Waals surface area contributed by atoms with Gasteiger partial charge in [0.2, 0.25) is 0 Å². The Morgan fingerprint density at radius 3 is 2.74 bits per heavy atom. The molecule has 1 aromatic carbocycles. The number of fused-ring (bicyclic) bond motifs is 1. The minimum atomic E-state index is 0.799. The summed E-state index contributed by atoms with van der Waals surface area (Å²) in [4.78, 5) is 9.36. The molecule has 3 nitrogen and oxygen atoms in total. The van der Waals surface area contributed by atoms with Crippen LogP contribution < -0.4 is 5.32 Å². The molecule has 3 rings (SSSR count). The first-order valence-corrected chi connectivity index (χ1v) is 7.27. The molecule has 0 spiro atoms. The molecule has 19 heavy (non-hydrogen) atoms. The molecule has 0 atom stereocenters. The van der Waals surface area contributed by atoms with Crippen LogP contribution in [0.4, 0.5) is 5.82 Å². The molecule has 0 saturated heterocycles. The van der Waals surface area contributed by atoms with E-state index in [4.69, 9.17) is 0 Å². The molecule has 4 heteroatoms. The number of para-hydroxylation sites is 1. The van der Waals surface area contributed by atoms with E-state index in [0.717, 1.165) is 34.7 Å². The van der Waals surface area contributed by atoms with Crippen LogP contribution in [-0.4, -0.2) is 16.5 Å². The molecule has 2 heterocycles. The zero-order chi connectivity index (χ0) is 13.2. The van der Waals surface area contributed by atoms with Gasteiger partial charge in [-0.15, -0.1) is 0 Å². The summed E-state index contributed by atoms with van der Waals surface area (Å²) < 4.78 is 0. The van der Waals surface area contributed by atoms with Crippen LogP contribution in [0, 0.1) is 6.92 Å². The van der Waals surface area contributed by atoms with Gasteiger partial charge < -0.3 is 5.32 Å². The summed E-state index contributed by atoms with van der Waals surface area (Å²) in [5.74, 6) is 1.71. The Kier molecular flexibility index (Phi) is 3.17. The van der Waals surface area contributed by atoms with Crippen molar-refractivity contribution in [1.29, 1.82) is 0 Å². The van der Waals surface area contributed by atoms with Crippen molar-refractivity contribution in [2.24, 2.45) is 0 Å². The van der Waals surface area contributed by atoms with Gasteiger partial charge in [0.25, 0.3) is 0 Å². The summed E-state index contributed by atoms with van der Waals surface area (Å²) in [6.07, 6.45) is 0. The lowest BCUT2D eigenvalue weighted by atomic mass is 10.2. The summed E-state index contributed by atoms with van der Waals surface area (Å²) in [5, 5.41) is 8.63. The van der Waals surface area contributed by atoms with Gasteiger partial charge in [-0.2, -0.15) is 11.3 Å². The van der Waals surface area contributed by atoms with Gasteiger partial charge in [-0.1, -0.05) is 12.1 Å². The van der Waals surface area contributed by atoms with Gasteiger partial charge in [0.05, 0.1) is 5.52 Å². The minimum absolute atomic E-state index is 0.799. The Morgan fingerprint density at radius 1 is 1.16 bits per heavy atom. The van der Waals surface area contributed by atoms with E-state index in [0.29, 0.717) is 0 Å². The lowest BCUT2D eigenvalue weighted by molar-refractivity contribution is 1.14. The van der Waals surface area contributed by atoms with Crippen LogP contribution >= 0.6 is 11.3 Å². The van der Waals surface area contributed by atoms with Gasteiger partial charge in [-0.3, -0.25) is 0 Å². The summed E-state index contributed by atoms with van der Waals surface area (Å²) in [6, 6.07) is 8.11. The second kappa shape index (κ2) is 4.97. The molecule has 0 saturated carbocycles. The van der Waals surface area contributed by atoms with E-state index in [1.807, 2.05) is 18.2 Å². The Hall–Kier alpha value is -1.94. The van der Waals surface area contributed by atoms with Crippen molar-refractivity contribution >= 4 is 28.1 Å². The lowest BCUT2D eigenvalue weighted by Crippen LogP contribution is -2.02. The van der Waals surface area contributed by atoms with Crippen LogP contribution in [0.2, 0.25) is 0 Å². The quantitative estimate of drug-likeness (QED) is 0.778. The third-order valence-corrected chi connectivity index (χ3v) is 3.91. The first-order valence-electron chi connectivity index (χ1n) is 6.33. The van der Waals surface area contributed by atoms with Crippen LogP contribution in [-0.2, 0) is 0 Å². The predicted octanol–water partition coefficient (Wildman–Crippen LogP) is 4.10. The zero-order valence-corrected chi connectivity index (χ0v) is 11.8. The largest absolute Gasteiger partial charge is 0.370 e. The Labute approximate surface area is 116 Å². The van der Waals surface area contributed by atoms with Crippen LogP contribution in [0.15, 0.2) is 35.0 Å². The SMILES string of the molecule is CCNc1nc(-c2cscc2C)nc2ccccc12. The van der Waals surface area contributed by atoms with Gasteiger partial charge >= 0.3 is 0 Å². The average molecular weight is 269 g/mol. The van der Waals surface area contributed by atoms with Gasteiger partial charge in [0.1, 0.15) is 5.82 Å². The Balaban J connectivity index is 2.24. The van der Waals surface area contributed by atoms with E-state index in [1.54, 1.807) is 11.3 Å². The fraction of sp³-hybridized carbons (Fsp3) is 0.200. The minimum Gasteiger partial charge on any atom is -0.370 e. The summed E-state index contributed by atoms with van der Waals surface area (Å²) in [5.41, 5.74) is 3.33. The van der Waals surface area contributed by atoms with Crippen LogP contribution in [0.1, 0.15) is 12.5 Å². The molecule has 0 radical (unpaired) electrons. The highest BCUT2D eigenvalue weighted by atomic mass is 32.1. The number of anilines is 1. The standard InChI is InChI=1S/C15H15N3S/c1-3-16-14-11-6-4-5-7-13(11)17-15(18-14)12-9-19-8-10(12)2/h4-9H,3H2,1-2H3,(H,16,17,18). The van der Waals surface area contributed by atoms with Crippen molar-refractivity contribution < 1.29 is 0 Å². The molecule has 0 amide bonds. The van der Waals surface area contributed by atoms with Gasteiger partial charge in [-0.05, 0) is 36.9 Å². The normalized spacial score (nSPS) is 10.8. The number of nitrogens with one attached hydrogen (secondary N) is 1. The van der Waals surface area contributed by atoms with E-state index < -0.39 is 0 Å². The number of hydrogen-bond acceptors (Lipinski definition) is 4. The van der Waals surface area contributed by atoms with Crippen molar-refractivity contribution in [3.63, 3.8) is 0 Å². The number of benzene rings is 1. The summed E-state index contributed by atoms with van der Waals surface area (Å²) in [6.45, 7) is 5.02. The third kappa shape index (κ3) is 2.19. The smallest absolute Gasteiger partial charge is 0.163 e. The van der Waals surface area contributed by atoms with Crippen LogP contribution in [0.25, 0.3) is 22.3 Å². The molecule has 0 fully saturated rings. The molecule has 3 aromatic rings. The predicted molar refractivity (Wildman–Crippen MR) is 81.8 cm³/mol. The van der Waals surface area contributed by atoms with Gasteiger partial charge in [-0.25, -0.2) is 9.97 Å². The van der Waals surface area contributed by atoms with Gasteiger partial charge in [0.15, 0.2) is 5.82 Å². The maximum Gasteiger partial charge on any atom is 0.163 e. The molecular weight excluding hydrogens is 254 g/mol. The first-order chi connectivity index (χ1) is 9.29. The number of thiophene rings is 1. The number of aromatic nitrogens is 2. The number of nitrogens with zero attached hydrogens (tertiary/aromatic N) is 2. The van der Waals surface area contributed by atoms with Crippen molar-refractivity contribution in [3.05, 3.63) is 40.6 Å². The first kappa shape index (κ1) is 12.1. The lowest BCUT2D eigenvalue weighted by Gasteiger charge is -2.09. The molecule has 0 bridgehead atoms. The highest BCUT2D eigenvalue weighted by molar-refractivity contribution is 7.08. The number of hydrogen-bond donors (Lipinski definition) is 1. The van der Waals surface area contributed by atoms with E-state index in [9.17, 15) is 0 Å². The average Bonchev–Trinajstić information content (AvgIpc) is 2.85. The molecular formula is C15H15N3S. The molecule has 96 valence electrons. The number of aryl methyl sites for hydroxylation is 1. The van der Waals surface area contributed by atoms with Crippen LogP contribution in [0.5, 0.6) is 0 Å². The van der Waals surface area contributed by atoms with Crippen molar-refractivity contribution in [3.8, 4) is 11.4 Å². The van der Waals surface area contributed by atoms with E-state index in [-0.39, 0.29) is 0 Å². The maximum absolute atomic E-state index is 4.68. The molecule has 1 N–H and O–H groups in total. The fourth-order valence-electron chi connectivity index (χ4n) is 2.09. The molecule has 2 aromatic heterocycles. The van der Waals surface area contributed by atoms with Crippen molar-refractivity contribution in [2.45, 2.75) is 13.8 Å². The second-order valence-corrected chi connectivity index (χ2v) is 5.16. The molecule has 0 aliphatic rings. The molecule has 0 aliphatic heterocycles. The molecule has 0 aliphatic carbocycles. The maximum atomic E-state index is 4.68. The highest BCUT2D eigenvalue weighted by Crippen LogP contribution is 2.28. The fourth-order valence-corrected chi connectivity index (χ4v) is 2.92. The Morgan fingerprint density at radius 2 is 2.00 bits per heavy atom. The van der Waals surface area contributed by atoms with Crippen molar-refractivity contribution in [2.75, 3.05) is 11.9 Å².